The zero-order valence-corrected chi connectivity index (χ0v) is 21.2. The Bertz CT molecular complexity index is 1210. The van der Waals surface area contributed by atoms with Crippen LogP contribution >= 0.6 is 11.3 Å². The smallest absolute Gasteiger partial charge is 0.257 e. The Morgan fingerprint density at radius 2 is 2.14 bits per heavy atom. The molecule has 4 heterocycles. The van der Waals surface area contributed by atoms with Crippen LogP contribution < -0.4 is 14.8 Å². The Morgan fingerprint density at radius 3 is 2.94 bits per heavy atom. The van der Waals surface area contributed by atoms with E-state index in [0.29, 0.717) is 42.3 Å². The molecule has 1 fully saturated rings. The summed E-state index contributed by atoms with van der Waals surface area (Å²) in [7, 11) is 3.25. The van der Waals surface area contributed by atoms with Crippen molar-refractivity contribution in [2.45, 2.75) is 25.6 Å². The van der Waals surface area contributed by atoms with Crippen LogP contribution in [0.15, 0.2) is 41.2 Å². The molecule has 1 aromatic carbocycles. The van der Waals surface area contributed by atoms with E-state index in [0.717, 1.165) is 19.6 Å². The molecule has 190 valence electrons. The van der Waals surface area contributed by atoms with E-state index in [1.807, 2.05) is 10.9 Å². The zero-order valence-electron chi connectivity index (χ0n) is 20.4. The van der Waals surface area contributed by atoms with E-state index in [1.54, 1.807) is 48.6 Å². The number of carbonyl (C=O) groups excluding carboxylic acids is 2. The molecule has 0 unspecified atom stereocenters. The maximum Gasteiger partial charge on any atom is 0.257 e. The second kappa shape index (κ2) is 10.7. The van der Waals surface area contributed by atoms with Crippen molar-refractivity contribution >= 4 is 23.2 Å². The van der Waals surface area contributed by atoms with Crippen LogP contribution in [0.2, 0.25) is 0 Å². The SMILES string of the molecule is COc1cccc2c1OCc1cn(nn1)[C@@H]1CN(Cc3ccsc3)C[C@@H]1CC(=O)NCCN(C)C2=O. The number of thiophene rings is 1. The second-order valence-corrected chi connectivity index (χ2v) is 10.0. The number of nitrogens with one attached hydrogen (secondary N) is 1. The number of hydrogen-bond donors (Lipinski definition) is 1. The number of ether oxygens (including phenoxy) is 2. The number of likely N-dealkylation sites (tertiary alicyclic amines) is 1. The maximum atomic E-state index is 13.2. The number of amides is 2. The zero-order chi connectivity index (χ0) is 25.1. The lowest BCUT2D eigenvalue weighted by Gasteiger charge is -2.21. The molecule has 1 N–H and O–H groups in total. The van der Waals surface area contributed by atoms with Gasteiger partial charge in [0.15, 0.2) is 11.5 Å². The van der Waals surface area contributed by atoms with Gasteiger partial charge in [0.25, 0.3) is 5.91 Å². The van der Waals surface area contributed by atoms with E-state index in [-0.39, 0.29) is 30.4 Å². The minimum atomic E-state index is -0.214. The molecule has 2 atom stereocenters. The Morgan fingerprint density at radius 1 is 1.25 bits per heavy atom. The van der Waals surface area contributed by atoms with E-state index in [9.17, 15) is 9.59 Å². The third-order valence-corrected chi connectivity index (χ3v) is 7.46. The van der Waals surface area contributed by atoms with Gasteiger partial charge in [-0.15, -0.1) is 5.10 Å². The van der Waals surface area contributed by atoms with Crippen LogP contribution in [0.5, 0.6) is 11.5 Å². The van der Waals surface area contributed by atoms with Gasteiger partial charge in [-0.2, -0.15) is 11.3 Å². The average Bonchev–Trinajstić information content (AvgIpc) is 3.63. The molecule has 2 amide bonds. The number of rotatable bonds is 3. The van der Waals surface area contributed by atoms with Crippen molar-refractivity contribution in [1.82, 2.24) is 30.1 Å². The quantitative estimate of drug-likeness (QED) is 0.576. The summed E-state index contributed by atoms with van der Waals surface area (Å²) >= 11 is 1.69. The van der Waals surface area contributed by atoms with Gasteiger partial charge >= 0.3 is 0 Å². The van der Waals surface area contributed by atoms with E-state index < -0.39 is 0 Å². The number of hydrogen-bond acceptors (Lipinski definition) is 8. The van der Waals surface area contributed by atoms with E-state index >= 15 is 0 Å². The molecule has 2 aliphatic heterocycles. The highest BCUT2D eigenvalue weighted by Gasteiger charge is 2.36. The summed E-state index contributed by atoms with van der Waals surface area (Å²) in [6.45, 7) is 3.30. The summed E-state index contributed by atoms with van der Waals surface area (Å²) in [6.07, 6.45) is 2.26. The average molecular weight is 511 g/mol. The summed E-state index contributed by atoms with van der Waals surface area (Å²) in [5, 5.41) is 15.9. The van der Waals surface area contributed by atoms with Crippen molar-refractivity contribution in [1.29, 1.82) is 0 Å². The molecule has 5 rings (SSSR count). The first-order chi connectivity index (χ1) is 17.5. The van der Waals surface area contributed by atoms with Gasteiger partial charge in [0.1, 0.15) is 12.3 Å². The highest BCUT2D eigenvalue weighted by Crippen LogP contribution is 2.34. The van der Waals surface area contributed by atoms with Crippen LogP contribution in [0.3, 0.4) is 0 Å². The monoisotopic (exact) mass is 510 g/mol. The number of para-hydroxylation sites is 1. The van der Waals surface area contributed by atoms with Crippen LogP contribution in [0, 0.1) is 5.92 Å². The third-order valence-electron chi connectivity index (χ3n) is 6.72. The molecule has 0 saturated carbocycles. The highest BCUT2D eigenvalue weighted by molar-refractivity contribution is 7.07. The number of fused-ring (bicyclic) bond motifs is 5. The molecule has 10 nitrogen and oxygen atoms in total. The normalized spacial score (nSPS) is 21.4. The molecule has 0 spiro atoms. The summed E-state index contributed by atoms with van der Waals surface area (Å²) in [5.74, 6) is 0.682. The number of aromatic nitrogens is 3. The lowest BCUT2D eigenvalue weighted by molar-refractivity contribution is -0.122. The fourth-order valence-corrected chi connectivity index (χ4v) is 5.53. The second-order valence-electron chi connectivity index (χ2n) is 9.25. The summed E-state index contributed by atoms with van der Waals surface area (Å²) in [4.78, 5) is 30.0. The molecule has 0 aliphatic carbocycles. The van der Waals surface area contributed by atoms with Crippen LogP contribution in [0.1, 0.15) is 34.1 Å². The molecular weight excluding hydrogens is 480 g/mol. The van der Waals surface area contributed by atoms with Crippen molar-refractivity contribution in [3.8, 4) is 11.5 Å². The molecule has 1 saturated heterocycles. The number of methoxy groups -OCH3 is 1. The first-order valence-corrected chi connectivity index (χ1v) is 12.9. The van der Waals surface area contributed by atoms with Crippen molar-refractivity contribution in [3.63, 3.8) is 0 Å². The fraction of sp³-hybridized carbons (Fsp3) is 0.440. The minimum Gasteiger partial charge on any atom is -0.493 e. The largest absolute Gasteiger partial charge is 0.493 e. The molecular formula is C25H30N6O4S. The topological polar surface area (TPSA) is 102 Å². The standard InChI is InChI=1S/C25H30N6O4S/c1-29-8-7-26-23(32)10-18-12-30(11-17-6-9-36-16-17)14-21(18)31-13-19(27-28-31)15-35-24-20(25(29)33)4-3-5-22(24)34-2/h3-6,9,13,16,18,21H,7-8,10-12,14-15H2,1-2H3,(H,26,32)/t18-,21+/m0/s1. The Kier molecular flexibility index (Phi) is 7.19. The Labute approximate surface area is 213 Å². The van der Waals surface area contributed by atoms with Gasteiger partial charge < -0.3 is 19.7 Å². The maximum absolute atomic E-state index is 13.2. The van der Waals surface area contributed by atoms with Crippen molar-refractivity contribution in [3.05, 3.63) is 58.0 Å². The summed E-state index contributed by atoms with van der Waals surface area (Å²) in [6, 6.07) is 7.38. The van der Waals surface area contributed by atoms with Crippen molar-refractivity contribution < 1.29 is 19.1 Å². The van der Waals surface area contributed by atoms with Gasteiger partial charge in [0.05, 0.1) is 24.9 Å². The molecule has 11 heteroatoms. The van der Waals surface area contributed by atoms with Gasteiger partial charge in [-0.05, 0) is 34.5 Å². The lowest BCUT2D eigenvalue weighted by atomic mass is 9.99. The first-order valence-electron chi connectivity index (χ1n) is 12.0. The number of carbonyl (C=O) groups is 2. The Balaban J connectivity index is 1.42. The van der Waals surface area contributed by atoms with Crippen molar-refractivity contribution in [2.24, 2.45) is 5.92 Å². The molecule has 0 radical (unpaired) electrons. The van der Waals surface area contributed by atoms with Crippen LogP contribution in [-0.4, -0.2) is 76.9 Å². The van der Waals surface area contributed by atoms with Gasteiger partial charge in [-0.3, -0.25) is 14.5 Å². The number of benzene rings is 1. The predicted octanol–water partition coefficient (Wildman–Crippen LogP) is 2.19. The first kappa shape index (κ1) is 24.3. The molecule has 3 aromatic rings. The lowest BCUT2D eigenvalue weighted by Crippen LogP contribution is -2.37. The van der Waals surface area contributed by atoms with E-state index in [1.165, 1.54) is 5.56 Å². The molecule has 2 aliphatic rings. The minimum absolute atomic E-state index is 0.0228. The van der Waals surface area contributed by atoms with E-state index in [4.69, 9.17) is 9.47 Å². The number of likely N-dealkylation sites (N-methyl/N-ethyl adjacent to an activating group) is 1. The predicted molar refractivity (Wildman–Crippen MR) is 134 cm³/mol. The van der Waals surface area contributed by atoms with Gasteiger partial charge in [-0.1, -0.05) is 11.3 Å². The highest BCUT2D eigenvalue weighted by atomic mass is 32.1. The fourth-order valence-electron chi connectivity index (χ4n) is 4.87. The van der Waals surface area contributed by atoms with Crippen LogP contribution in [0.4, 0.5) is 0 Å². The molecule has 2 aromatic heterocycles. The van der Waals surface area contributed by atoms with Crippen molar-refractivity contribution in [2.75, 3.05) is 40.3 Å². The van der Waals surface area contributed by atoms with Gasteiger partial charge in [0, 0.05) is 52.1 Å². The van der Waals surface area contributed by atoms with Gasteiger partial charge in [-0.25, -0.2) is 4.68 Å². The number of nitrogens with zero attached hydrogens (tertiary/aromatic N) is 5. The molecule has 36 heavy (non-hydrogen) atoms. The van der Waals surface area contributed by atoms with Gasteiger partial charge in [0.2, 0.25) is 5.91 Å². The molecule has 2 bridgehead atoms. The third kappa shape index (κ3) is 5.21. The Hall–Kier alpha value is -3.44. The van der Waals surface area contributed by atoms with Crippen LogP contribution in [-0.2, 0) is 17.9 Å². The van der Waals surface area contributed by atoms with E-state index in [2.05, 4.69) is 37.4 Å². The summed E-state index contributed by atoms with van der Waals surface area (Å²) in [5.41, 5.74) is 2.30. The van der Waals surface area contributed by atoms with Crippen LogP contribution in [0.25, 0.3) is 0 Å². The summed E-state index contributed by atoms with van der Waals surface area (Å²) < 4.78 is 13.4.